The largest absolute Gasteiger partial charge is 0.386 e. The predicted octanol–water partition coefficient (Wildman–Crippen LogP) is 4.05. The molecule has 0 saturated carbocycles. The van der Waals surface area contributed by atoms with Crippen molar-refractivity contribution in [2.45, 2.75) is 44.6 Å². The highest BCUT2D eigenvalue weighted by atomic mass is 35.5. The van der Waals surface area contributed by atoms with Crippen molar-refractivity contribution in [1.29, 1.82) is 0 Å². The molecule has 1 atom stereocenters. The number of ketones is 1. The van der Waals surface area contributed by atoms with E-state index >= 15 is 0 Å². The van der Waals surface area contributed by atoms with Gasteiger partial charge in [0.05, 0.1) is 16.7 Å². The zero-order valence-corrected chi connectivity index (χ0v) is 14.3. The molecule has 0 aliphatic heterocycles. The minimum absolute atomic E-state index is 0.0823. The topological polar surface area (TPSA) is 50.2 Å². The summed E-state index contributed by atoms with van der Waals surface area (Å²) < 4.78 is 0. The van der Waals surface area contributed by atoms with Crippen LogP contribution in [0.15, 0.2) is 36.4 Å². The Hall–Kier alpha value is -1.71. The van der Waals surface area contributed by atoms with Crippen LogP contribution in [0.1, 0.15) is 54.4 Å². The van der Waals surface area contributed by atoms with Crippen LogP contribution >= 0.6 is 11.6 Å². The maximum absolute atomic E-state index is 13.0. The summed E-state index contributed by atoms with van der Waals surface area (Å²) in [5.41, 5.74) is 1.80. The van der Waals surface area contributed by atoms with E-state index in [0.29, 0.717) is 17.1 Å². The van der Waals surface area contributed by atoms with E-state index in [9.17, 15) is 9.90 Å². The maximum Gasteiger partial charge on any atom is 0.174 e. The molecule has 0 saturated heterocycles. The van der Waals surface area contributed by atoms with E-state index in [4.69, 9.17) is 11.6 Å². The van der Waals surface area contributed by atoms with Crippen molar-refractivity contribution >= 4 is 17.4 Å². The fourth-order valence-electron chi connectivity index (χ4n) is 3.17. The van der Waals surface area contributed by atoms with Crippen molar-refractivity contribution in [2.75, 3.05) is 0 Å². The lowest BCUT2D eigenvalue weighted by atomic mass is 9.68. The molecule has 1 unspecified atom stereocenters. The first-order valence-corrected chi connectivity index (χ1v) is 8.13. The maximum atomic E-state index is 13.0. The molecule has 23 heavy (non-hydrogen) atoms. The third-order valence-electron chi connectivity index (χ3n) is 4.78. The van der Waals surface area contributed by atoms with Gasteiger partial charge in [-0.05, 0) is 56.9 Å². The molecular formula is C19H20ClNO2. The van der Waals surface area contributed by atoms with E-state index in [1.807, 2.05) is 31.2 Å². The van der Waals surface area contributed by atoms with Gasteiger partial charge in [-0.2, -0.15) is 0 Å². The van der Waals surface area contributed by atoms with Gasteiger partial charge in [0, 0.05) is 5.56 Å². The Morgan fingerprint density at radius 2 is 1.83 bits per heavy atom. The number of hydrogen-bond donors (Lipinski definition) is 1. The minimum atomic E-state index is -0.886. The number of fused-ring (bicyclic) bond motifs is 1. The normalized spacial score (nSPS) is 21.2. The van der Waals surface area contributed by atoms with Crippen molar-refractivity contribution in [3.63, 3.8) is 0 Å². The fourth-order valence-corrected chi connectivity index (χ4v) is 3.34. The number of nitrogens with zero attached hydrogens (tertiary/aromatic N) is 1. The van der Waals surface area contributed by atoms with Gasteiger partial charge in [-0.1, -0.05) is 35.9 Å². The van der Waals surface area contributed by atoms with Gasteiger partial charge < -0.3 is 5.11 Å². The lowest BCUT2D eigenvalue weighted by Crippen LogP contribution is -2.37. The Balaban J connectivity index is 1.99. The highest BCUT2D eigenvalue weighted by Crippen LogP contribution is 2.38. The lowest BCUT2D eigenvalue weighted by molar-refractivity contribution is 0.0785. The van der Waals surface area contributed by atoms with Crippen LogP contribution in [0.3, 0.4) is 0 Å². The zero-order valence-electron chi connectivity index (χ0n) is 13.6. The van der Waals surface area contributed by atoms with Crippen molar-refractivity contribution in [3.8, 4) is 0 Å². The van der Waals surface area contributed by atoms with E-state index in [-0.39, 0.29) is 5.78 Å². The summed E-state index contributed by atoms with van der Waals surface area (Å²) in [6, 6.07) is 11.1. The first kappa shape index (κ1) is 16.2. The van der Waals surface area contributed by atoms with Crippen LogP contribution in [-0.4, -0.2) is 15.9 Å². The highest BCUT2D eigenvalue weighted by Gasteiger charge is 2.40. The number of aryl methyl sites for hydroxylation is 1. The molecule has 1 aliphatic rings. The highest BCUT2D eigenvalue weighted by molar-refractivity contribution is 6.29. The molecule has 1 aliphatic carbocycles. The van der Waals surface area contributed by atoms with Gasteiger partial charge in [0.1, 0.15) is 5.15 Å². The van der Waals surface area contributed by atoms with Gasteiger partial charge in [0.25, 0.3) is 0 Å². The molecule has 2 aromatic rings. The van der Waals surface area contributed by atoms with Gasteiger partial charge in [0.2, 0.25) is 0 Å². The summed E-state index contributed by atoms with van der Waals surface area (Å²) >= 11 is 5.93. The van der Waals surface area contributed by atoms with E-state index in [1.54, 1.807) is 26.0 Å². The molecule has 0 bridgehead atoms. The predicted molar refractivity (Wildman–Crippen MR) is 90.9 cm³/mol. The molecule has 0 fully saturated rings. The van der Waals surface area contributed by atoms with Crippen molar-refractivity contribution in [2.24, 2.45) is 0 Å². The fraction of sp³-hybridized carbons (Fsp3) is 0.368. The van der Waals surface area contributed by atoms with E-state index in [0.717, 1.165) is 23.2 Å². The molecule has 1 N–H and O–H groups in total. The first-order chi connectivity index (χ1) is 10.7. The van der Waals surface area contributed by atoms with E-state index in [2.05, 4.69) is 4.98 Å². The molecule has 1 aromatic heterocycles. The van der Waals surface area contributed by atoms with Crippen molar-refractivity contribution < 1.29 is 9.90 Å². The Morgan fingerprint density at radius 1 is 1.17 bits per heavy atom. The average Bonchev–Trinajstić information content (AvgIpc) is 2.50. The first-order valence-electron chi connectivity index (χ1n) is 7.75. The van der Waals surface area contributed by atoms with Gasteiger partial charge >= 0.3 is 0 Å². The molecule has 120 valence electrons. The number of aromatic nitrogens is 1. The number of benzene rings is 1. The molecular weight excluding hydrogens is 310 g/mol. The second kappa shape index (κ2) is 5.43. The van der Waals surface area contributed by atoms with Crippen molar-refractivity contribution in [3.05, 3.63) is 63.9 Å². The van der Waals surface area contributed by atoms with E-state index < -0.39 is 11.0 Å². The van der Waals surface area contributed by atoms with Crippen LogP contribution in [0.5, 0.6) is 0 Å². The molecule has 1 heterocycles. The summed E-state index contributed by atoms with van der Waals surface area (Å²) in [7, 11) is 0. The SMILES string of the molecule is CC(C)(O)c1ccc(C2(C)CCc3nc(Cl)ccc3C2=O)cc1. The number of rotatable bonds is 2. The summed E-state index contributed by atoms with van der Waals surface area (Å²) in [6.07, 6.45) is 1.43. The van der Waals surface area contributed by atoms with Crippen LogP contribution in [-0.2, 0) is 17.4 Å². The quantitative estimate of drug-likeness (QED) is 0.846. The molecule has 3 rings (SSSR count). The molecule has 1 aromatic carbocycles. The lowest BCUT2D eigenvalue weighted by Gasteiger charge is -2.33. The van der Waals surface area contributed by atoms with E-state index in [1.165, 1.54) is 0 Å². The number of halogens is 1. The Kier molecular flexibility index (Phi) is 3.81. The summed E-state index contributed by atoms with van der Waals surface area (Å²) in [5.74, 6) is 0.0823. The number of carbonyl (C=O) groups excluding carboxylic acids is 1. The zero-order chi connectivity index (χ0) is 16.8. The second-order valence-corrected chi connectivity index (χ2v) is 7.31. The molecule has 0 spiro atoms. The number of Topliss-reactive ketones (excluding diaryl/α,β-unsaturated/α-hetero) is 1. The summed E-state index contributed by atoms with van der Waals surface area (Å²) in [5, 5.41) is 10.5. The Morgan fingerprint density at radius 3 is 2.43 bits per heavy atom. The van der Waals surface area contributed by atoms with Crippen LogP contribution in [0.4, 0.5) is 0 Å². The number of hydrogen-bond acceptors (Lipinski definition) is 3. The molecule has 4 heteroatoms. The minimum Gasteiger partial charge on any atom is -0.386 e. The monoisotopic (exact) mass is 329 g/mol. The van der Waals surface area contributed by atoms with Gasteiger partial charge in [0.15, 0.2) is 5.78 Å². The van der Waals surface area contributed by atoms with Crippen LogP contribution < -0.4 is 0 Å². The molecule has 0 amide bonds. The average molecular weight is 330 g/mol. The third-order valence-corrected chi connectivity index (χ3v) is 4.99. The molecule has 0 radical (unpaired) electrons. The smallest absolute Gasteiger partial charge is 0.174 e. The van der Waals surface area contributed by atoms with Crippen LogP contribution in [0.2, 0.25) is 5.15 Å². The second-order valence-electron chi connectivity index (χ2n) is 6.93. The van der Waals surface area contributed by atoms with Gasteiger partial charge in [-0.3, -0.25) is 4.79 Å². The van der Waals surface area contributed by atoms with Crippen molar-refractivity contribution in [1.82, 2.24) is 4.98 Å². The number of aliphatic hydroxyl groups is 1. The van der Waals surface area contributed by atoms with Gasteiger partial charge in [-0.15, -0.1) is 0 Å². The molecule has 3 nitrogen and oxygen atoms in total. The number of pyridine rings is 1. The third kappa shape index (κ3) is 2.79. The summed E-state index contributed by atoms with van der Waals surface area (Å²) in [4.78, 5) is 17.3. The Labute approximate surface area is 141 Å². The Bertz CT molecular complexity index is 762. The van der Waals surface area contributed by atoms with Crippen LogP contribution in [0, 0.1) is 0 Å². The van der Waals surface area contributed by atoms with Crippen LogP contribution in [0.25, 0.3) is 0 Å². The summed E-state index contributed by atoms with van der Waals surface area (Å²) in [6.45, 7) is 5.48. The van der Waals surface area contributed by atoms with Gasteiger partial charge in [-0.25, -0.2) is 4.98 Å². The number of carbonyl (C=O) groups is 1. The standard InChI is InChI=1S/C19H20ClNO2/c1-18(2,23)12-4-6-13(7-5-12)19(3)11-10-15-14(17(19)22)8-9-16(20)21-15/h4-9,23H,10-11H2,1-3H3.